The Bertz CT molecular complexity index is 498. The van der Waals surface area contributed by atoms with Gasteiger partial charge in [-0.2, -0.15) is 0 Å². The summed E-state index contributed by atoms with van der Waals surface area (Å²) in [6, 6.07) is 6.57. The van der Waals surface area contributed by atoms with E-state index in [1.807, 2.05) is 59.8 Å². The number of allylic oxidation sites excluding steroid dienone is 3. The smallest absolute Gasteiger partial charge is 0.323 e. The number of hydrogen-bond acceptors (Lipinski definition) is 2. The molecule has 0 aliphatic heterocycles. The lowest BCUT2D eigenvalue weighted by Gasteiger charge is -2.21. The Kier molecular flexibility index (Phi) is 13.7. The molecule has 4 heteroatoms. The van der Waals surface area contributed by atoms with E-state index in [1.54, 1.807) is 31.3 Å². The van der Waals surface area contributed by atoms with Crippen molar-refractivity contribution in [2.45, 2.75) is 54.6 Å². The molecule has 0 aromatic heterocycles. The highest BCUT2D eigenvalue weighted by Gasteiger charge is 2.16. The number of primary amides is 1. The quantitative estimate of drug-likeness (QED) is 0.756. The van der Waals surface area contributed by atoms with Crippen LogP contribution in [0, 0.1) is 0 Å². The molecule has 0 spiro atoms. The number of aliphatic hydroxyl groups excluding tert-OH is 1. The minimum absolute atomic E-state index is 0.570. The maximum atomic E-state index is 11.4. The number of aliphatic hydroxyl groups is 1. The van der Waals surface area contributed by atoms with Crippen molar-refractivity contribution < 1.29 is 9.90 Å². The van der Waals surface area contributed by atoms with Crippen molar-refractivity contribution in [2.75, 3.05) is 4.90 Å². The average Bonchev–Trinajstić information content (AvgIpc) is 2.54. The van der Waals surface area contributed by atoms with Crippen LogP contribution >= 0.6 is 0 Å². The van der Waals surface area contributed by atoms with Crippen LogP contribution in [-0.4, -0.2) is 11.1 Å². The van der Waals surface area contributed by atoms with Crippen molar-refractivity contribution >= 4 is 11.7 Å². The van der Waals surface area contributed by atoms with Gasteiger partial charge in [-0.05, 0) is 40.7 Å². The van der Waals surface area contributed by atoms with Crippen molar-refractivity contribution in [3.63, 3.8) is 0 Å². The molecule has 0 heterocycles. The predicted molar refractivity (Wildman–Crippen MR) is 100 cm³/mol. The SMILES string of the molecule is C/C=C\C.CC.CC(C)=CN(C(N)=O)c1ccccc1C(C)O. The highest BCUT2D eigenvalue weighted by atomic mass is 16.3. The van der Waals surface area contributed by atoms with E-state index in [-0.39, 0.29) is 0 Å². The molecule has 1 aromatic rings. The van der Waals surface area contributed by atoms with E-state index in [0.29, 0.717) is 11.3 Å². The molecule has 23 heavy (non-hydrogen) atoms. The Morgan fingerprint density at radius 1 is 1.17 bits per heavy atom. The standard InChI is InChI=1S/C13H18N2O2.C4H8.C2H6/c1-9(2)8-15(13(14)17)12-7-5-4-6-11(12)10(3)16;1-3-4-2;1-2/h4-8,10,16H,1-3H3,(H2,14,17);3-4H,1-2H3;1-2H3/b;4-3-;. The van der Waals surface area contributed by atoms with Gasteiger partial charge in [0.2, 0.25) is 0 Å². The van der Waals surface area contributed by atoms with Gasteiger partial charge in [-0.25, -0.2) is 4.79 Å². The lowest BCUT2D eigenvalue weighted by Crippen LogP contribution is -2.32. The number of urea groups is 1. The number of carbonyl (C=O) groups is 1. The summed E-state index contributed by atoms with van der Waals surface area (Å²) in [5.41, 5.74) is 7.57. The van der Waals surface area contributed by atoms with Crippen LogP contribution in [0.15, 0.2) is 48.2 Å². The highest BCUT2D eigenvalue weighted by Crippen LogP contribution is 2.26. The number of para-hydroxylation sites is 1. The summed E-state index contributed by atoms with van der Waals surface area (Å²) in [6.07, 6.45) is 5.00. The van der Waals surface area contributed by atoms with Crippen LogP contribution in [0.4, 0.5) is 10.5 Å². The number of rotatable bonds is 3. The fraction of sp³-hybridized carbons (Fsp3) is 0.421. The van der Waals surface area contributed by atoms with Gasteiger partial charge >= 0.3 is 6.03 Å². The van der Waals surface area contributed by atoms with Gasteiger partial charge in [-0.15, -0.1) is 0 Å². The van der Waals surface area contributed by atoms with Gasteiger partial charge in [-0.1, -0.05) is 49.8 Å². The van der Waals surface area contributed by atoms with Gasteiger partial charge in [0, 0.05) is 11.8 Å². The van der Waals surface area contributed by atoms with Crippen molar-refractivity contribution in [2.24, 2.45) is 5.73 Å². The summed E-state index contributed by atoms with van der Waals surface area (Å²) in [5, 5.41) is 9.67. The zero-order valence-electron chi connectivity index (χ0n) is 15.5. The molecule has 3 N–H and O–H groups in total. The minimum atomic E-state index is -0.654. The third kappa shape index (κ3) is 9.53. The monoisotopic (exact) mass is 320 g/mol. The summed E-state index contributed by atoms with van der Waals surface area (Å²) in [7, 11) is 0. The summed E-state index contributed by atoms with van der Waals surface area (Å²) < 4.78 is 0. The average molecular weight is 320 g/mol. The van der Waals surface area contributed by atoms with Gasteiger partial charge in [0.1, 0.15) is 0 Å². The molecular formula is C19H32N2O2. The first-order valence-corrected chi connectivity index (χ1v) is 7.93. The third-order valence-electron chi connectivity index (χ3n) is 2.60. The molecule has 0 saturated carbocycles. The van der Waals surface area contributed by atoms with Crippen LogP contribution in [0.5, 0.6) is 0 Å². The summed E-state index contributed by atoms with van der Waals surface area (Å²) >= 11 is 0. The van der Waals surface area contributed by atoms with Gasteiger partial charge in [0.05, 0.1) is 11.8 Å². The van der Waals surface area contributed by atoms with E-state index in [2.05, 4.69) is 0 Å². The maximum Gasteiger partial charge on any atom is 0.323 e. The number of carbonyl (C=O) groups excluding carboxylic acids is 1. The number of benzene rings is 1. The molecule has 2 amide bonds. The van der Waals surface area contributed by atoms with E-state index in [0.717, 1.165) is 5.57 Å². The Balaban J connectivity index is 0. The van der Waals surface area contributed by atoms with Crippen LogP contribution in [-0.2, 0) is 0 Å². The number of anilines is 1. The first kappa shape index (κ1) is 23.2. The van der Waals surface area contributed by atoms with Crippen molar-refractivity contribution in [3.05, 3.63) is 53.8 Å². The number of amides is 2. The van der Waals surface area contributed by atoms with Gasteiger partial charge < -0.3 is 10.8 Å². The number of nitrogens with zero attached hydrogens (tertiary/aromatic N) is 1. The number of hydrogen-bond donors (Lipinski definition) is 2. The minimum Gasteiger partial charge on any atom is -0.389 e. The molecule has 0 saturated heterocycles. The van der Waals surface area contributed by atoms with E-state index < -0.39 is 12.1 Å². The first-order valence-electron chi connectivity index (χ1n) is 7.93. The van der Waals surface area contributed by atoms with Crippen LogP contribution in [0.1, 0.15) is 60.1 Å². The van der Waals surface area contributed by atoms with Gasteiger partial charge in [-0.3, -0.25) is 4.90 Å². The Morgan fingerprint density at radius 2 is 1.65 bits per heavy atom. The Morgan fingerprint density at radius 3 is 2.00 bits per heavy atom. The van der Waals surface area contributed by atoms with Crippen LogP contribution in [0.3, 0.4) is 0 Å². The second kappa shape index (κ2) is 13.6. The maximum absolute atomic E-state index is 11.4. The molecule has 130 valence electrons. The fourth-order valence-electron chi connectivity index (χ4n) is 1.57. The topological polar surface area (TPSA) is 66.6 Å². The normalized spacial score (nSPS) is 10.6. The molecule has 4 nitrogen and oxygen atoms in total. The zero-order chi connectivity index (χ0) is 18.4. The lowest BCUT2D eigenvalue weighted by molar-refractivity contribution is 0.199. The van der Waals surface area contributed by atoms with Gasteiger partial charge in [0.15, 0.2) is 0 Å². The highest BCUT2D eigenvalue weighted by molar-refractivity contribution is 5.93. The molecule has 1 aromatic carbocycles. The zero-order valence-corrected chi connectivity index (χ0v) is 15.5. The molecule has 0 fully saturated rings. The van der Waals surface area contributed by atoms with Crippen molar-refractivity contribution in [1.82, 2.24) is 0 Å². The summed E-state index contributed by atoms with van der Waals surface area (Å²) in [6.45, 7) is 13.4. The molecule has 0 radical (unpaired) electrons. The van der Waals surface area contributed by atoms with Crippen LogP contribution in [0.25, 0.3) is 0 Å². The van der Waals surface area contributed by atoms with E-state index >= 15 is 0 Å². The lowest BCUT2D eigenvalue weighted by atomic mass is 10.1. The molecule has 0 bridgehead atoms. The first-order chi connectivity index (χ1) is 10.8. The molecule has 1 atom stereocenters. The van der Waals surface area contributed by atoms with E-state index in [4.69, 9.17) is 5.73 Å². The Labute approximate surface area is 141 Å². The van der Waals surface area contributed by atoms with Gasteiger partial charge in [0.25, 0.3) is 0 Å². The molecule has 0 aliphatic rings. The molecule has 1 rings (SSSR count). The Hall–Kier alpha value is -2.07. The number of nitrogens with two attached hydrogens (primary N) is 1. The second-order valence-electron chi connectivity index (χ2n) is 4.82. The molecule has 1 unspecified atom stereocenters. The summed E-state index contributed by atoms with van der Waals surface area (Å²) in [4.78, 5) is 12.8. The second-order valence-corrected chi connectivity index (χ2v) is 4.82. The van der Waals surface area contributed by atoms with Crippen molar-refractivity contribution in [3.8, 4) is 0 Å². The third-order valence-corrected chi connectivity index (χ3v) is 2.60. The van der Waals surface area contributed by atoms with Crippen molar-refractivity contribution in [1.29, 1.82) is 0 Å². The van der Waals surface area contributed by atoms with Crippen LogP contribution in [0.2, 0.25) is 0 Å². The summed E-state index contributed by atoms with van der Waals surface area (Å²) in [5.74, 6) is 0. The predicted octanol–water partition coefficient (Wildman–Crippen LogP) is 5.16. The van der Waals surface area contributed by atoms with E-state index in [1.165, 1.54) is 4.90 Å². The largest absolute Gasteiger partial charge is 0.389 e. The fourth-order valence-corrected chi connectivity index (χ4v) is 1.57. The molecular weight excluding hydrogens is 288 g/mol. The van der Waals surface area contributed by atoms with Crippen LogP contribution < -0.4 is 10.6 Å². The molecule has 0 aliphatic carbocycles. The van der Waals surface area contributed by atoms with E-state index in [9.17, 15) is 9.90 Å².